The molecule has 0 fully saturated rings. The summed E-state index contributed by atoms with van der Waals surface area (Å²) >= 11 is 11.5. The van der Waals surface area contributed by atoms with Crippen LogP contribution < -0.4 is 5.32 Å². The third kappa shape index (κ3) is 1.74. The van der Waals surface area contributed by atoms with Crippen molar-refractivity contribution in [2.75, 3.05) is 5.32 Å². The van der Waals surface area contributed by atoms with Crippen LogP contribution in [0, 0.1) is 3.82 Å². The van der Waals surface area contributed by atoms with Crippen molar-refractivity contribution in [3.05, 3.63) is 31.9 Å². The highest BCUT2D eigenvalue weighted by Crippen LogP contribution is 2.48. The van der Waals surface area contributed by atoms with Gasteiger partial charge in [-0.15, -0.1) is 0 Å². The largest absolute Gasteiger partial charge is 0.375 e. The van der Waals surface area contributed by atoms with E-state index in [4.69, 9.17) is 23.8 Å². The fraction of sp³-hybridized carbons (Fsp3) is 0.250. The summed E-state index contributed by atoms with van der Waals surface area (Å²) in [6, 6.07) is 5.93. The highest BCUT2D eigenvalue weighted by Gasteiger charge is 2.33. The molecule has 88 valence electrons. The molecule has 3 rings (SSSR count). The molecule has 0 saturated heterocycles. The van der Waals surface area contributed by atoms with Crippen LogP contribution in [-0.2, 0) is 5.54 Å². The maximum atomic E-state index is 6.08. The molecule has 0 spiro atoms. The first kappa shape index (κ1) is 11.7. The van der Waals surface area contributed by atoms with Gasteiger partial charge in [-0.3, -0.25) is 0 Å². The van der Waals surface area contributed by atoms with Gasteiger partial charge >= 0.3 is 0 Å². The maximum Gasteiger partial charge on any atom is 0.110 e. The number of fused-ring (bicyclic) bond motifs is 3. The van der Waals surface area contributed by atoms with Crippen molar-refractivity contribution < 1.29 is 0 Å². The molecular weight excluding hydrogens is 290 g/mol. The quantitative estimate of drug-likeness (QED) is 0.508. The molecule has 0 saturated carbocycles. The molecule has 2 heterocycles. The van der Waals surface area contributed by atoms with Gasteiger partial charge in [0.25, 0.3) is 0 Å². The van der Waals surface area contributed by atoms with Crippen LogP contribution in [0.4, 0.5) is 5.69 Å². The number of rotatable bonds is 0. The molecule has 0 aliphatic carbocycles. The second kappa shape index (κ2) is 3.79. The van der Waals surface area contributed by atoms with Gasteiger partial charge in [0, 0.05) is 21.8 Å². The Kier molecular flexibility index (Phi) is 2.60. The fourth-order valence-corrected chi connectivity index (χ4v) is 5.56. The first-order valence-corrected chi connectivity index (χ1v) is 8.14. The predicted octanol–water partition coefficient (Wildman–Crippen LogP) is 5.52. The van der Waals surface area contributed by atoms with Crippen molar-refractivity contribution >= 4 is 50.2 Å². The van der Waals surface area contributed by atoms with Gasteiger partial charge in [-0.2, -0.15) is 0 Å². The van der Waals surface area contributed by atoms with Gasteiger partial charge in [0.2, 0.25) is 0 Å². The summed E-state index contributed by atoms with van der Waals surface area (Å²) in [5.74, 6) is 0. The van der Waals surface area contributed by atoms with Gasteiger partial charge in [0.15, 0.2) is 0 Å². The van der Waals surface area contributed by atoms with Gasteiger partial charge < -0.3 is 5.32 Å². The molecule has 0 bridgehead atoms. The van der Waals surface area contributed by atoms with Gasteiger partial charge in [-0.1, -0.05) is 44.5 Å². The van der Waals surface area contributed by atoms with E-state index in [1.807, 2.05) is 18.2 Å². The summed E-state index contributed by atoms with van der Waals surface area (Å²) in [4.78, 5) is 1.31. The average molecular weight is 300 g/mol. The van der Waals surface area contributed by atoms with E-state index in [-0.39, 0.29) is 5.54 Å². The van der Waals surface area contributed by atoms with Crippen molar-refractivity contribution in [3.8, 4) is 11.1 Å². The van der Waals surface area contributed by atoms with Gasteiger partial charge in [-0.25, -0.2) is 0 Å². The number of benzene rings is 1. The SMILES string of the molecule is CC1(C)Nc2ccc(Cl)cc2-c2c1ssc2=S. The second-order valence-corrected chi connectivity index (χ2v) is 7.85. The topological polar surface area (TPSA) is 12.0 Å². The fourth-order valence-electron chi connectivity index (χ4n) is 2.13. The summed E-state index contributed by atoms with van der Waals surface area (Å²) in [5.41, 5.74) is 3.38. The van der Waals surface area contributed by atoms with Crippen molar-refractivity contribution in [2.24, 2.45) is 0 Å². The van der Waals surface area contributed by atoms with Crippen molar-refractivity contribution in [2.45, 2.75) is 19.4 Å². The van der Waals surface area contributed by atoms with E-state index in [9.17, 15) is 0 Å². The lowest BCUT2D eigenvalue weighted by Crippen LogP contribution is -2.30. The van der Waals surface area contributed by atoms with E-state index in [0.29, 0.717) is 0 Å². The summed E-state index contributed by atoms with van der Waals surface area (Å²) in [6.07, 6.45) is 0. The minimum absolute atomic E-state index is 0.0611. The van der Waals surface area contributed by atoms with E-state index in [1.54, 1.807) is 20.7 Å². The van der Waals surface area contributed by atoms with Crippen molar-refractivity contribution in [3.63, 3.8) is 0 Å². The molecule has 0 atom stereocenters. The van der Waals surface area contributed by atoms with Crippen LogP contribution in [0.3, 0.4) is 0 Å². The monoisotopic (exact) mass is 299 g/mol. The summed E-state index contributed by atoms with van der Waals surface area (Å²) in [6.45, 7) is 4.36. The molecule has 1 aliphatic heterocycles. The van der Waals surface area contributed by atoms with Gasteiger partial charge in [-0.05, 0) is 32.0 Å². The number of hydrogen-bond acceptors (Lipinski definition) is 4. The smallest absolute Gasteiger partial charge is 0.110 e. The minimum atomic E-state index is -0.0611. The number of halogens is 1. The molecule has 17 heavy (non-hydrogen) atoms. The van der Waals surface area contributed by atoms with Gasteiger partial charge in [0.1, 0.15) is 3.82 Å². The highest BCUT2D eigenvalue weighted by molar-refractivity contribution is 7.80. The van der Waals surface area contributed by atoms with E-state index in [0.717, 1.165) is 20.1 Å². The summed E-state index contributed by atoms with van der Waals surface area (Å²) in [7, 11) is 3.43. The molecule has 0 amide bonds. The maximum absolute atomic E-state index is 6.08. The lowest BCUT2D eigenvalue weighted by atomic mass is 9.90. The van der Waals surface area contributed by atoms with Crippen molar-refractivity contribution in [1.29, 1.82) is 0 Å². The molecule has 2 aromatic rings. The zero-order valence-electron chi connectivity index (χ0n) is 9.33. The van der Waals surface area contributed by atoms with Crippen LogP contribution in [0.1, 0.15) is 18.7 Å². The minimum Gasteiger partial charge on any atom is -0.375 e. The Morgan fingerprint density at radius 3 is 2.82 bits per heavy atom. The van der Waals surface area contributed by atoms with Crippen LogP contribution in [0.2, 0.25) is 5.02 Å². The number of hydrogen-bond donors (Lipinski definition) is 1. The predicted molar refractivity (Wildman–Crippen MR) is 80.1 cm³/mol. The number of nitrogens with one attached hydrogen (secondary N) is 1. The molecular formula is C12H10ClNS3. The van der Waals surface area contributed by atoms with Crippen LogP contribution in [-0.4, -0.2) is 0 Å². The molecule has 1 aromatic carbocycles. The molecule has 1 aromatic heterocycles. The standard InChI is InChI=1S/C12H10ClNS3/c1-12(2)10-9(11(15)17-16-10)7-5-6(13)3-4-8(7)14-12/h3-5,14H,1-2H3. The van der Waals surface area contributed by atoms with Crippen LogP contribution in [0.25, 0.3) is 11.1 Å². The second-order valence-electron chi connectivity index (χ2n) is 4.60. The molecule has 5 heteroatoms. The highest BCUT2D eigenvalue weighted by atomic mass is 35.5. The van der Waals surface area contributed by atoms with E-state index >= 15 is 0 Å². The summed E-state index contributed by atoms with van der Waals surface area (Å²) < 4.78 is 0.961. The Hall–Kier alpha value is -0.420. The number of anilines is 1. The molecule has 0 radical (unpaired) electrons. The Balaban J connectivity index is 2.39. The third-order valence-electron chi connectivity index (χ3n) is 2.90. The Labute approximate surface area is 117 Å². The Morgan fingerprint density at radius 1 is 1.29 bits per heavy atom. The third-order valence-corrected chi connectivity index (χ3v) is 6.47. The van der Waals surface area contributed by atoms with Crippen LogP contribution >= 0.6 is 44.5 Å². The Bertz CT molecular complexity index is 654. The zero-order valence-corrected chi connectivity index (χ0v) is 12.5. The van der Waals surface area contributed by atoms with Crippen molar-refractivity contribution in [1.82, 2.24) is 0 Å². The average Bonchev–Trinajstić information content (AvgIpc) is 2.63. The lowest BCUT2D eigenvalue weighted by molar-refractivity contribution is 0.620. The van der Waals surface area contributed by atoms with Crippen LogP contribution in [0.5, 0.6) is 0 Å². The molecule has 1 nitrogen and oxygen atoms in total. The van der Waals surface area contributed by atoms with E-state index in [2.05, 4.69) is 19.2 Å². The normalized spacial score (nSPS) is 15.9. The Morgan fingerprint density at radius 2 is 2.06 bits per heavy atom. The first-order valence-electron chi connectivity index (χ1n) is 5.21. The van der Waals surface area contributed by atoms with Crippen LogP contribution in [0.15, 0.2) is 18.2 Å². The first-order chi connectivity index (χ1) is 7.99. The summed E-state index contributed by atoms with van der Waals surface area (Å²) in [5, 5.41) is 4.30. The molecule has 0 unspecified atom stereocenters. The zero-order chi connectivity index (χ0) is 12.2. The van der Waals surface area contributed by atoms with E-state index in [1.165, 1.54) is 10.4 Å². The molecule has 1 N–H and O–H groups in total. The van der Waals surface area contributed by atoms with E-state index < -0.39 is 0 Å². The molecule has 1 aliphatic rings. The van der Waals surface area contributed by atoms with Gasteiger partial charge in [0.05, 0.1) is 10.4 Å². The lowest BCUT2D eigenvalue weighted by Gasteiger charge is -2.33.